The average molecular weight is 466 g/mol. The second kappa shape index (κ2) is 10.3. The van der Waals surface area contributed by atoms with Gasteiger partial charge in [-0.15, -0.1) is 0 Å². The van der Waals surface area contributed by atoms with Crippen LogP contribution in [0, 0.1) is 0 Å². The Morgan fingerprint density at radius 2 is 1.67 bits per heavy atom. The van der Waals surface area contributed by atoms with Gasteiger partial charge in [0.15, 0.2) is 11.5 Å². The quantitative estimate of drug-likeness (QED) is 0.387. The molecule has 0 atom stereocenters. The van der Waals surface area contributed by atoms with E-state index in [2.05, 4.69) is 10.5 Å². The number of ether oxygens (including phenoxy) is 2. The van der Waals surface area contributed by atoms with Crippen LogP contribution in [0.25, 0.3) is 0 Å². The molecule has 1 aliphatic heterocycles. The van der Waals surface area contributed by atoms with Crippen molar-refractivity contribution < 1.29 is 22.7 Å². The van der Waals surface area contributed by atoms with Crippen molar-refractivity contribution in [3.63, 3.8) is 0 Å². The minimum atomic E-state index is -3.86. The Kier molecular flexibility index (Phi) is 7.01. The second-order valence-electron chi connectivity index (χ2n) is 7.29. The van der Waals surface area contributed by atoms with Crippen LogP contribution >= 0.6 is 0 Å². The third kappa shape index (κ3) is 5.76. The number of nitrogens with one attached hydrogen (secondary N) is 1. The molecule has 0 aliphatic carbocycles. The third-order valence-corrected chi connectivity index (χ3v) is 6.85. The zero-order valence-corrected chi connectivity index (χ0v) is 18.6. The van der Waals surface area contributed by atoms with Crippen molar-refractivity contribution >= 4 is 22.1 Å². The topological polar surface area (TPSA) is 97.3 Å². The first-order valence-electron chi connectivity index (χ1n) is 10.3. The van der Waals surface area contributed by atoms with E-state index >= 15 is 0 Å². The summed E-state index contributed by atoms with van der Waals surface area (Å²) in [5.41, 5.74) is 4.09. The van der Waals surface area contributed by atoms with Crippen molar-refractivity contribution in [2.45, 2.75) is 11.3 Å². The molecule has 1 aliphatic rings. The smallest absolute Gasteiger partial charge is 0.255 e. The number of carbonyl (C=O) groups is 1. The molecule has 0 bridgehead atoms. The lowest BCUT2D eigenvalue weighted by molar-refractivity contribution is -0.121. The Hall–Kier alpha value is -3.69. The summed E-state index contributed by atoms with van der Waals surface area (Å²) in [5.74, 6) is 0.710. The molecule has 0 radical (unpaired) electrons. The van der Waals surface area contributed by atoms with E-state index in [0.29, 0.717) is 23.5 Å². The number of hydrogen-bond acceptors (Lipinski definition) is 6. The largest absolute Gasteiger partial charge is 0.454 e. The monoisotopic (exact) mass is 465 g/mol. The van der Waals surface area contributed by atoms with Crippen LogP contribution in [-0.4, -0.2) is 44.7 Å². The number of fused-ring (bicyclic) bond motifs is 1. The average Bonchev–Trinajstić information content (AvgIpc) is 3.31. The molecule has 33 heavy (non-hydrogen) atoms. The maximum atomic E-state index is 13.2. The van der Waals surface area contributed by atoms with Gasteiger partial charge in [-0.1, -0.05) is 48.5 Å². The first kappa shape index (κ1) is 22.5. The first-order chi connectivity index (χ1) is 16.0. The van der Waals surface area contributed by atoms with Gasteiger partial charge in [0, 0.05) is 6.54 Å². The minimum absolute atomic E-state index is 0.134. The molecule has 0 saturated carbocycles. The fraction of sp³-hybridized carbons (Fsp3) is 0.167. The zero-order valence-electron chi connectivity index (χ0n) is 17.8. The molecule has 0 saturated heterocycles. The Bertz CT molecular complexity index is 1230. The van der Waals surface area contributed by atoms with Crippen molar-refractivity contribution in [3.8, 4) is 11.5 Å². The molecule has 0 fully saturated rings. The van der Waals surface area contributed by atoms with Gasteiger partial charge < -0.3 is 9.47 Å². The molecule has 1 amide bonds. The van der Waals surface area contributed by atoms with Gasteiger partial charge in [0.25, 0.3) is 5.91 Å². The highest BCUT2D eigenvalue weighted by Gasteiger charge is 2.26. The molecule has 1 heterocycles. The van der Waals surface area contributed by atoms with Crippen molar-refractivity contribution in [2.24, 2.45) is 5.10 Å². The van der Waals surface area contributed by atoms with Gasteiger partial charge in [0.2, 0.25) is 16.8 Å². The Morgan fingerprint density at radius 3 is 2.42 bits per heavy atom. The van der Waals surface area contributed by atoms with Crippen LogP contribution in [0.15, 0.2) is 88.9 Å². The van der Waals surface area contributed by atoms with Crippen LogP contribution < -0.4 is 14.9 Å². The number of amides is 1. The maximum Gasteiger partial charge on any atom is 0.255 e. The summed E-state index contributed by atoms with van der Waals surface area (Å²) in [5, 5.41) is 3.95. The van der Waals surface area contributed by atoms with E-state index in [1.165, 1.54) is 22.7 Å². The standard InChI is InChI=1S/C24H23N3O5S/c28-24(26-25-16-20-11-12-22-23(15-20)32-18-31-22)17-27(14-13-19-7-3-1-4-8-19)33(29,30)21-9-5-2-6-10-21/h1-12,15-16H,13-14,17-18H2,(H,26,28)/b25-16-. The summed E-state index contributed by atoms with van der Waals surface area (Å²) < 4.78 is 38.1. The van der Waals surface area contributed by atoms with Gasteiger partial charge in [-0.3, -0.25) is 4.79 Å². The van der Waals surface area contributed by atoms with Gasteiger partial charge in [-0.25, -0.2) is 13.8 Å². The predicted octanol–water partition coefficient (Wildman–Crippen LogP) is 2.80. The third-order valence-electron chi connectivity index (χ3n) is 4.99. The molecule has 3 aromatic rings. The van der Waals surface area contributed by atoms with E-state index in [9.17, 15) is 13.2 Å². The number of sulfonamides is 1. The van der Waals surface area contributed by atoms with Crippen LogP contribution in [0.5, 0.6) is 11.5 Å². The highest BCUT2D eigenvalue weighted by molar-refractivity contribution is 7.89. The molecule has 170 valence electrons. The number of nitrogens with zero attached hydrogens (tertiary/aromatic N) is 2. The number of rotatable bonds is 9. The van der Waals surface area contributed by atoms with Crippen LogP contribution in [0.2, 0.25) is 0 Å². The summed E-state index contributed by atoms with van der Waals surface area (Å²) in [6.45, 7) is -0.0373. The molecule has 0 spiro atoms. The lowest BCUT2D eigenvalue weighted by Gasteiger charge is -2.21. The maximum absolute atomic E-state index is 13.2. The molecule has 4 rings (SSSR count). The molecule has 0 unspecified atom stereocenters. The van der Waals surface area contributed by atoms with Crippen molar-refractivity contribution in [2.75, 3.05) is 19.9 Å². The summed E-state index contributed by atoms with van der Waals surface area (Å²) in [6.07, 6.45) is 1.93. The van der Waals surface area contributed by atoms with Gasteiger partial charge in [-0.05, 0) is 47.9 Å². The second-order valence-corrected chi connectivity index (χ2v) is 9.23. The fourth-order valence-corrected chi connectivity index (χ4v) is 4.71. The summed E-state index contributed by atoms with van der Waals surface area (Å²) in [6, 6.07) is 22.9. The molecule has 9 heteroatoms. The van der Waals surface area contributed by atoms with Crippen molar-refractivity contribution in [3.05, 3.63) is 90.0 Å². The van der Waals surface area contributed by atoms with Crippen LogP contribution in [0.3, 0.4) is 0 Å². The van der Waals surface area contributed by atoms with Gasteiger partial charge in [-0.2, -0.15) is 9.41 Å². The molecular weight excluding hydrogens is 442 g/mol. The highest BCUT2D eigenvalue weighted by atomic mass is 32.2. The minimum Gasteiger partial charge on any atom is -0.454 e. The number of carbonyl (C=O) groups excluding carboxylic acids is 1. The first-order valence-corrected chi connectivity index (χ1v) is 11.8. The predicted molar refractivity (Wildman–Crippen MR) is 124 cm³/mol. The zero-order chi connectivity index (χ0) is 23.1. The van der Waals surface area contributed by atoms with E-state index in [0.717, 1.165) is 5.56 Å². The Morgan fingerprint density at radius 1 is 0.970 bits per heavy atom. The van der Waals surface area contributed by atoms with Gasteiger partial charge in [0.1, 0.15) is 0 Å². The summed E-state index contributed by atoms with van der Waals surface area (Å²) in [7, 11) is -3.86. The number of hydrazone groups is 1. The normalized spacial score (nSPS) is 12.9. The van der Waals surface area contributed by atoms with E-state index in [-0.39, 0.29) is 24.8 Å². The highest BCUT2D eigenvalue weighted by Crippen LogP contribution is 2.31. The Labute approximate surface area is 192 Å². The van der Waals surface area contributed by atoms with E-state index in [1.54, 1.807) is 36.4 Å². The van der Waals surface area contributed by atoms with E-state index in [4.69, 9.17) is 9.47 Å². The van der Waals surface area contributed by atoms with Gasteiger partial charge in [0.05, 0.1) is 17.7 Å². The van der Waals surface area contributed by atoms with Crippen molar-refractivity contribution in [1.29, 1.82) is 0 Å². The number of benzene rings is 3. The number of hydrogen-bond donors (Lipinski definition) is 1. The van der Waals surface area contributed by atoms with E-state index in [1.807, 2.05) is 30.3 Å². The summed E-state index contributed by atoms with van der Waals surface area (Å²) >= 11 is 0. The van der Waals surface area contributed by atoms with Crippen molar-refractivity contribution in [1.82, 2.24) is 9.73 Å². The molecule has 3 aromatic carbocycles. The summed E-state index contributed by atoms with van der Waals surface area (Å²) in [4.78, 5) is 12.7. The lowest BCUT2D eigenvalue weighted by Crippen LogP contribution is -2.40. The van der Waals surface area contributed by atoms with Gasteiger partial charge >= 0.3 is 0 Å². The Balaban J connectivity index is 1.44. The van der Waals surface area contributed by atoms with E-state index < -0.39 is 15.9 Å². The van der Waals surface area contributed by atoms with Crippen LogP contribution in [0.1, 0.15) is 11.1 Å². The van der Waals surface area contributed by atoms with Crippen LogP contribution in [0.4, 0.5) is 0 Å². The van der Waals surface area contributed by atoms with Crippen LogP contribution in [-0.2, 0) is 21.2 Å². The SMILES string of the molecule is O=C(CN(CCc1ccccc1)S(=O)(=O)c1ccccc1)N/N=C\c1ccc2c(c1)OCO2. The fourth-order valence-electron chi connectivity index (χ4n) is 3.29. The lowest BCUT2D eigenvalue weighted by atomic mass is 10.1. The molecule has 0 aromatic heterocycles. The molecule has 1 N–H and O–H groups in total. The molecule has 8 nitrogen and oxygen atoms in total. The molecular formula is C24H23N3O5S.